The molecule has 1 heterocycles. The van der Waals surface area contributed by atoms with Crippen LogP contribution in [0.3, 0.4) is 0 Å². The summed E-state index contributed by atoms with van der Waals surface area (Å²) in [5, 5.41) is 19.1. The number of anilines is 1. The molecule has 0 aliphatic rings. The lowest BCUT2D eigenvalue weighted by Crippen LogP contribution is -2.32. The van der Waals surface area contributed by atoms with Gasteiger partial charge in [-0.2, -0.15) is 5.26 Å². The van der Waals surface area contributed by atoms with Crippen LogP contribution in [0.15, 0.2) is 42.5 Å². The number of pyridine rings is 1. The fourth-order valence-corrected chi connectivity index (χ4v) is 2.26. The Hall–Kier alpha value is -2.42. The lowest BCUT2D eigenvalue weighted by atomic mass is 10.2. The van der Waals surface area contributed by atoms with Crippen LogP contribution >= 0.6 is 0 Å². The second-order valence-corrected chi connectivity index (χ2v) is 5.50. The molecule has 2 aromatic rings. The molecule has 5 nitrogen and oxygen atoms in total. The maximum atomic E-state index is 10.1. The normalized spacial score (nSPS) is 11.7. The van der Waals surface area contributed by atoms with E-state index in [4.69, 9.17) is 10.00 Å². The number of aromatic nitrogens is 1. The minimum atomic E-state index is -0.628. The van der Waals surface area contributed by atoms with Crippen molar-refractivity contribution in [2.24, 2.45) is 0 Å². The molecule has 2 rings (SSSR count). The van der Waals surface area contributed by atoms with Crippen LogP contribution in [-0.2, 0) is 11.3 Å². The van der Waals surface area contributed by atoms with Crippen molar-refractivity contribution in [2.75, 3.05) is 25.1 Å². The predicted molar refractivity (Wildman–Crippen MR) is 89.1 cm³/mol. The van der Waals surface area contributed by atoms with Gasteiger partial charge in [-0.1, -0.05) is 30.3 Å². The molecule has 0 aliphatic heterocycles. The van der Waals surface area contributed by atoms with E-state index in [9.17, 15) is 5.11 Å². The molecule has 0 saturated carbocycles. The number of nitrogens with zero attached hydrogens (tertiary/aromatic N) is 3. The lowest BCUT2D eigenvalue weighted by Gasteiger charge is -2.22. The molecule has 0 radical (unpaired) electrons. The third kappa shape index (κ3) is 5.37. The Labute approximate surface area is 136 Å². The summed E-state index contributed by atoms with van der Waals surface area (Å²) in [6.07, 6.45) is -0.628. The van der Waals surface area contributed by atoms with Gasteiger partial charge in [0.1, 0.15) is 5.82 Å². The van der Waals surface area contributed by atoms with Crippen molar-refractivity contribution in [1.82, 2.24) is 4.98 Å². The van der Waals surface area contributed by atoms with Crippen LogP contribution in [0.4, 0.5) is 5.82 Å². The second kappa shape index (κ2) is 8.28. The lowest BCUT2D eigenvalue weighted by molar-refractivity contribution is 0.0324. The number of aliphatic hydroxyl groups excluding tert-OH is 1. The Balaban J connectivity index is 1.84. The quantitative estimate of drug-likeness (QED) is 0.849. The van der Waals surface area contributed by atoms with Crippen LogP contribution < -0.4 is 4.90 Å². The van der Waals surface area contributed by atoms with Gasteiger partial charge in [-0.25, -0.2) is 4.98 Å². The van der Waals surface area contributed by atoms with Crippen LogP contribution in [0.1, 0.15) is 16.8 Å². The molecule has 23 heavy (non-hydrogen) atoms. The van der Waals surface area contributed by atoms with E-state index in [1.165, 1.54) is 0 Å². The molecular formula is C18H21N3O2. The molecule has 0 amide bonds. The molecule has 0 spiro atoms. The third-order valence-electron chi connectivity index (χ3n) is 3.37. The highest BCUT2D eigenvalue weighted by Gasteiger charge is 2.11. The molecule has 1 atom stereocenters. The van der Waals surface area contributed by atoms with Crippen LogP contribution in [0.25, 0.3) is 0 Å². The largest absolute Gasteiger partial charge is 0.389 e. The third-order valence-corrected chi connectivity index (χ3v) is 3.37. The van der Waals surface area contributed by atoms with Crippen molar-refractivity contribution in [3.8, 4) is 6.07 Å². The number of hydrogen-bond donors (Lipinski definition) is 1. The van der Waals surface area contributed by atoms with Gasteiger partial charge in [-0.05, 0) is 24.6 Å². The molecule has 0 saturated heterocycles. The van der Waals surface area contributed by atoms with Gasteiger partial charge in [-0.15, -0.1) is 0 Å². The predicted octanol–water partition coefficient (Wildman–Crippen LogP) is 2.28. The van der Waals surface area contributed by atoms with Crippen molar-refractivity contribution < 1.29 is 9.84 Å². The summed E-state index contributed by atoms with van der Waals surface area (Å²) < 4.78 is 5.54. The molecule has 5 heteroatoms. The number of benzene rings is 1. The topological polar surface area (TPSA) is 69.4 Å². The second-order valence-electron chi connectivity index (χ2n) is 5.50. The van der Waals surface area contributed by atoms with Crippen molar-refractivity contribution in [3.63, 3.8) is 0 Å². The first kappa shape index (κ1) is 16.9. The maximum Gasteiger partial charge on any atom is 0.129 e. The Morgan fingerprint density at radius 1 is 1.30 bits per heavy atom. The Morgan fingerprint density at radius 3 is 2.74 bits per heavy atom. The summed E-state index contributed by atoms with van der Waals surface area (Å²) in [6, 6.07) is 15.4. The van der Waals surface area contributed by atoms with Crippen molar-refractivity contribution >= 4 is 5.82 Å². The summed E-state index contributed by atoms with van der Waals surface area (Å²) in [5.74, 6) is 0.670. The van der Waals surface area contributed by atoms with Gasteiger partial charge >= 0.3 is 0 Å². The van der Waals surface area contributed by atoms with Gasteiger partial charge in [0.05, 0.1) is 31.0 Å². The number of aliphatic hydroxyl groups is 1. The van der Waals surface area contributed by atoms with E-state index in [0.717, 1.165) is 11.3 Å². The first-order valence-corrected chi connectivity index (χ1v) is 7.48. The van der Waals surface area contributed by atoms with Crippen LogP contribution in [0.5, 0.6) is 0 Å². The summed E-state index contributed by atoms with van der Waals surface area (Å²) in [5.41, 5.74) is 2.42. The zero-order chi connectivity index (χ0) is 16.7. The molecule has 0 unspecified atom stereocenters. The summed E-state index contributed by atoms with van der Waals surface area (Å²) >= 11 is 0. The zero-order valence-corrected chi connectivity index (χ0v) is 13.4. The van der Waals surface area contributed by atoms with E-state index in [2.05, 4.69) is 11.1 Å². The standard InChI is InChI=1S/C18H21N3O2/c1-14-8-16(10-19)9-18(20-14)21(2)11-17(22)13-23-12-15-6-4-3-5-7-15/h3-9,17,22H,11-13H2,1-2H3/t17-/m0/s1. The Bertz CT molecular complexity index is 668. The average Bonchev–Trinajstić information content (AvgIpc) is 2.55. The van der Waals surface area contributed by atoms with Crippen LogP contribution in [0, 0.1) is 18.3 Å². The van der Waals surface area contributed by atoms with Gasteiger partial charge in [0.2, 0.25) is 0 Å². The summed E-state index contributed by atoms with van der Waals surface area (Å²) in [4.78, 5) is 6.21. The maximum absolute atomic E-state index is 10.1. The average molecular weight is 311 g/mol. The van der Waals surface area contributed by atoms with E-state index in [0.29, 0.717) is 24.5 Å². The van der Waals surface area contributed by atoms with Crippen molar-refractivity contribution in [2.45, 2.75) is 19.6 Å². The van der Waals surface area contributed by atoms with Crippen LogP contribution in [0.2, 0.25) is 0 Å². The Morgan fingerprint density at radius 2 is 2.04 bits per heavy atom. The number of aryl methyl sites for hydroxylation is 1. The highest BCUT2D eigenvalue weighted by Crippen LogP contribution is 2.13. The molecule has 0 aliphatic carbocycles. The number of likely N-dealkylation sites (N-methyl/N-ethyl adjacent to an activating group) is 1. The van der Waals surface area contributed by atoms with Crippen LogP contribution in [-0.4, -0.2) is 36.4 Å². The first-order chi connectivity index (χ1) is 11.1. The smallest absolute Gasteiger partial charge is 0.129 e. The fourth-order valence-electron chi connectivity index (χ4n) is 2.26. The molecule has 1 aromatic carbocycles. The fraction of sp³-hybridized carbons (Fsp3) is 0.333. The van der Waals surface area contributed by atoms with Gasteiger partial charge in [0, 0.05) is 19.3 Å². The van der Waals surface area contributed by atoms with Gasteiger partial charge in [0.15, 0.2) is 0 Å². The van der Waals surface area contributed by atoms with E-state index in [1.54, 1.807) is 12.1 Å². The number of ether oxygens (including phenoxy) is 1. The Kier molecular flexibility index (Phi) is 6.10. The minimum absolute atomic E-state index is 0.246. The number of hydrogen-bond acceptors (Lipinski definition) is 5. The van der Waals surface area contributed by atoms with Gasteiger partial charge in [-0.3, -0.25) is 0 Å². The first-order valence-electron chi connectivity index (χ1n) is 7.48. The van der Waals surface area contributed by atoms with E-state index in [-0.39, 0.29) is 6.61 Å². The summed E-state index contributed by atoms with van der Waals surface area (Å²) in [6.45, 7) is 2.95. The minimum Gasteiger partial charge on any atom is -0.389 e. The molecular weight excluding hydrogens is 290 g/mol. The van der Waals surface area contributed by atoms with E-state index < -0.39 is 6.10 Å². The zero-order valence-electron chi connectivity index (χ0n) is 13.4. The van der Waals surface area contributed by atoms with Gasteiger partial charge in [0.25, 0.3) is 0 Å². The molecule has 1 aromatic heterocycles. The van der Waals surface area contributed by atoms with E-state index in [1.807, 2.05) is 49.2 Å². The molecule has 0 bridgehead atoms. The van der Waals surface area contributed by atoms with Crippen molar-refractivity contribution in [1.29, 1.82) is 5.26 Å². The highest BCUT2D eigenvalue weighted by molar-refractivity contribution is 5.46. The summed E-state index contributed by atoms with van der Waals surface area (Å²) in [7, 11) is 1.84. The molecule has 120 valence electrons. The van der Waals surface area contributed by atoms with E-state index >= 15 is 0 Å². The molecule has 1 N–H and O–H groups in total. The van der Waals surface area contributed by atoms with Gasteiger partial charge < -0.3 is 14.7 Å². The molecule has 0 fully saturated rings. The highest BCUT2D eigenvalue weighted by atomic mass is 16.5. The monoisotopic (exact) mass is 311 g/mol. The SMILES string of the molecule is Cc1cc(C#N)cc(N(C)C[C@H](O)COCc2ccccc2)n1. The number of rotatable bonds is 7. The van der Waals surface area contributed by atoms with Crippen molar-refractivity contribution in [3.05, 3.63) is 59.3 Å². The number of nitriles is 1.